The number of rotatable bonds is 4. The van der Waals surface area contributed by atoms with Crippen molar-refractivity contribution in [2.24, 2.45) is 0 Å². The van der Waals surface area contributed by atoms with Crippen LogP contribution in [0.3, 0.4) is 0 Å². The molecule has 18 heavy (non-hydrogen) atoms. The Balaban J connectivity index is 2.15. The molecule has 0 radical (unpaired) electrons. The highest BCUT2D eigenvalue weighted by Crippen LogP contribution is 2.57. The minimum absolute atomic E-state index is 0.0126. The highest BCUT2D eigenvalue weighted by molar-refractivity contribution is 7.48. The van der Waals surface area contributed by atoms with Gasteiger partial charge in [0.1, 0.15) is 31.2 Å². The van der Waals surface area contributed by atoms with Gasteiger partial charge >= 0.3 is 7.91 Å². The van der Waals surface area contributed by atoms with Crippen LogP contribution in [0.1, 0.15) is 0 Å². The second-order valence-corrected chi connectivity index (χ2v) is 5.29. The Morgan fingerprint density at radius 2 is 1.78 bits per heavy atom. The number of fused-ring (bicyclic) bond motifs is 1. The zero-order valence-corrected chi connectivity index (χ0v) is 11.0. The van der Waals surface area contributed by atoms with Crippen molar-refractivity contribution in [2.45, 2.75) is 24.4 Å². The van der Waals surface area contributed by atoms with E-state index in [1.165, 1.54) is 14.2 Å². The van der Waals surface area contributed by atoms with E-state index in [0.717, 1.165) is 0 Å². The molecule has 0 spiro atoms. The van der Waals surface area contributed by atoms with E-state index in [2.05, 4.69) is 0 Å². The largest absolute Gasteiger partial charge is 0.513 e. The van der Waals surface area contributed by atoms with Crippen molar-refractivity contribution in [1.82, 2.24) is 0 Å². The van der Waals surface area contributed by atoms with Gasteiger partial charge in [-0.3, -0.25) is 9.05 Å². The van der Waals surface area contributed by atoms with Gasteiger partial charge in [0.05, 0.1) is 13.2 Å². The van der Waals surface area contributed by atoms with Crippen LogP contribution in [0.25, 0.3) is 0 Å². The first-order valence-corrected chi connectivity index (χ1v) is 6.88. The van der Waals surface area contributed by atoms with Gasteiger partial charge < -0.3 is 18.9 Å². The molecule has 0 aromatic carbocycles. The fourth-order valence-corrected chi connectivity index (χ4v) is 3.14. The molecule has 0 aromatic heterocycles. The number of hydrogen-bond donors (Lipinski definition) is 0. The Labute approximate surface area is 104 Å². The average Bonchev–Trinajstić information content (AvgIpc) is 2.30. The quantitative estimate of drug-likeness (QED) is 0.710. The molecule has 7 nitrogen and oxygen atoms in total. The van der Waals surface area contributed by atoms with Gasteiger partial charge in [0.15, 0.2) is 0 Å². The Kier molecular flexibility index (Phi) is 4.71. The molecule has 0 saturated carbocycles. The summed E-state index contributed by atoms with van der Waals surface area (Å²) in [5, 5.41) is 0. The molecule has 0 aliphatic carbocycles. The molecule has 2 aliphatic rings. The van der Waals surface area contributed by atoms with E-state index in [-0.39, 0.29) is 20.0 Å². The lowest BCUT2D eigenvalue weighted by molar-refractivity contribution is -0.269. The molecule has 2 rings (SSSR count). The molecule has 0 N–H and O–H groups in total. The van der Waals surface area contributed by atoms with Gasteiger partial charge in [0.25, 0.3) is 0 Å². The SMILES string of the molecule is COCC1OP(=O)(F)OC2C(COC)OCOC12. The van der Waals surface area contributed by atoms with Crippen LogP contribution >= 0.6 is 7.91 Å². The van der Waals surface area contributed by atoms with Gasteiger partial charge in [-0.05, 0) is 0 Å². The zero-order valence-electron chi connectivity index (χ0n) is 10.1. The third kappa shape index (κ3) is 3.08. The summed E-state index contributed by atoms with van der Waals surface area (Å²) in [6.07, 6.45) is -2.80. The summed E-state index contributed by atoms with van der Waals surface area (Å²) in [5.41, 5.74) is 0. The van der Waals surface area contributed by atoms with E-state index in [1.807, 2.05) is 0 Å². The van der Waals surface area contributed by atoms with Crippen molar-refractivity contribution in [3.63, 3.8) is 0 Å². The molecule has 5 atom stereocenters. The molecule has 2 fully saturated rings. The Bertz CT molecular complexity index is 326. The minimum Gasteiger partial charge on any atom is -0.382 e. The smallest absolute Gasteiger partial charge is 0.382 e. The third-order valence-corrected chi connectivity index (χ3v) is 3.79. The molecular formula is C9H16FO7P. The average molecular weight is 286 g/mol. The Hall–Kier alpha value is -0.0800. The lowest BCUT2D eigenvalue weighted by atomic mass is 10.0. The van der Waals surface area contributed by atoms with Crippen molar-refractivity contribution >= 4 is 7.91 Å². The number of ether oxygens (including phenoxy) is 4. The Morgan fingerprint density at radius 3 is 2.44 bits per heavy atom. The third-order valence-electron chi connectivity index (χ3n) is 2.77. The minimum atomic E-state index is -4.62. The summed E-state index contributed by atoms with van der Waals surface area (Å²) in [5.74, 6) is 0. The van der Waals surface area contributed by atoms with E-state index in [1.54, 1.807) is 0 Å². The molecule has 0 amide bonds. The van der Waals surface area contributed by atoms with Gasteiger partial charge in [0.2, 0.25) is 0 Å². The maximum absolute atomic E-state index is 13.5. The lowest BCUT2D eigenvalue weighted by Gasteiger charge is -2.43. The summed E-state index contributed by atoms with van der Waals surface area (Å²) in [7, 11) is -1.70. The summed E-state index contributed by atoms with van der Waals surface area (Å²) < 4.78 is 54.9. The summed E-state index contributed by atoms with van der Waals surface area (Å²) in [6, 6.07) is 0. The van der Waals surface area contributed by atoms with E-state index in [0.29, 0.717) is 0 Å². The first kappa shape index (κ1) is 14.3. The van der Waals surface area contributed by atoms with Gasteiger partial charge in [-0.15, -0.1) is 4.20 Å². The highest BCUT2D eigenvalue weighted by atomic mass is 31.2. The summed E-state index contributed by atoms with van der Waals surface area (Å²) in [6.45, 7) is 0.251. The maximum Gasteiger partial charge on any atom is 0.513 e. The van der Waals surface area contributed by atoms with Crippen LogP contribution in [-0.2, 0) is 32.6 Å². The molecule has 5 unspecified atom stereocenters. The van der Waals surface area contributed by atoms with E-state index in [9.17, 15) is 8.76 Å². The van der Waals surface area contributed by atoms with Crippen molar-refractivity contribution in [3.8, 4) is 0 Å². The standard InChI is InChI=1S/C9H16FO7P/c1-12-3-6-9-8(15-5-14-6)7(4-13-2)16-18(10,11)17-9/h6-9H,3-5H2,1-2H3. The first-order valence-electron chi connectivity index (χ1n) is 5.45. The summed E-state index contributed by atoms with van der Waals surface area (Å²) in [4.78, 5) is 0. The normalized spacial score (nSPS) is 44.6. The molecule has 0 aromatic rings. The molecule has 9 heteroatoms. The van der Waals surface area contributed by atoms with E-state index in [4.69, 9.17) is 28.0 Å². The highest BCUT2D eigenvalue weighted by Gasteiger charge is 2.52. The monoisotopic (exact) mass is 286 g/mol. The fourth-order valence-electron chi connectivity index (χ4n) is 2.04. The van der Waals surface area contributed by atoms with E-state index >= 15 is 0 Å². The second kappa shape index (κ2) is 5.92. The molecule has 0 bridgehead atoms. The topological polar surface area (TPSA) is 72.5 Å². The van der Waals surface area contributed by atoms with Gasteiger partial charge in [0, 0.05) is 14.2 Å². The van der Waals surface area contributed by atoms with Gasteiger partial charge in [-0.2, -0.15) is 0 Å². The van der Waals surface area contributed by atoms with Crippen LogP contribution in [0.15, 0.2) is 0 Å². The number of hydrogen-bond acceptors (Lipinski definition) is 7. The van der Waals surface area contributed by atoms with Crippen LogP contribution in [0.4, 0.5) is 4.20 Å². The predicted molar refractivity (Wildman–Crippen MR) is 56.8 cm³/mol. The molecule has 2 heterocycles. The second-order valence-electron chi connectivity index (χ2n) is 4.01. The number of halogens is 1. The zero-order chi connectivity index (χ0) is 13.2. The first-order chi connectivity index (χ1) is 8.57. The van der Waals surface area contributed by atoms with Crippen molar-refractivity contribution < 1.29 is 36.8 Å². The van der Waals surface area contributed by atoms with E-state index < -0.39 is 32.3 Å². The van der Waals surface area contributed by atoms with Gasteiger partial charge in [-0.25, -0.2) is 4.57 Å². The van der Waals surface area contributed by atoms with Crippen LogP contribution in [0.5, 0.6) is 0 Å². The van der Waals surface area contributed by atoms with Crippen molar-refractivity contribution in [3.05, 3.63) is 0 Å². The molecule has 2 saturated heterocycles. The maximum atomic E-state index is 13.5. The van der Waals surface area contributed by atoms with Crippen molar-refractivity contribution in [1.29, 1.82) is 0 Å². The van der Waals surface area contributed by atoms with Crippen LogP contribution < -0.4 is 0 Å². The van der Waals surface area contributed by atoms with Crippen LogP contribution in [0.2, 0.25) is 0 Å². The number of methoxy groups -OCH3 is 2. The van der Waals surface area contributed by atoms with Gasteiger partial charge in [-0.1, -0.05) is 0 Å². The molecule has 2 aliphatic heterocycles. The fraction of sp³-hybridized carbons (Fsp3) is 1.00. The van der Waals surface area contributed by atoms with Crippen LogP contribution in [0, 0.1) is 0 Å². The molecule has 106 valence electrons. The predicted octanol–water partition coefficient (Wildman–Crippen LogP) is 0.882. The molecular weight excluding hydrogens is 270 g/mol. The van der Waals surface area contributed by atoms with Crippen LogP contribution in [-0.4, -0.2) is 58.6 Å². The van der Waals surface area contributed by atoms with Crippen molar-refractivity contribution in [2.75, 3.05) is 34.2 Å². The lowest BCUT2D eigenvalue weighted by Crippen LogP contribution is -2.57. The summed E-state index contributed by atoms with van der Waals surface area (Å²) >= 11 is 0. The Morgan fingerprint density at radius 1 is 1.11 bits per heavy atom.